The van der Waals surface area contributed by atoms with E-state index in [1.165, 1.54) is 0 Å². The molecule has 0 bridgehead atoms. The van der Waals surface area contributed by atoms with Crippen LogP contribution in [-0.2, 0) is 0 Å². The number of allylic oxidation sites excluding steroid dienone is 1. The second-order valence-corrected chi connectivity index (χ2v) is 6.79. The number of hydrogen-bond acceptors (Lipinski definition) is 6. The third-order valence-corrected chi connectivity index (χ3v) is 4.44. The lowest BCUT2D eigenvalue weighted by Gasteiger charge is -2.22. The van der Waals surface area contributed by atoms with E-state index < -0.39 is 0 Å². The van der Waals surface area contributed by atoms with Crippen molar-refractivity contribution in [3.05, 3.63) is 66.8 Å². The Hall–Kier alpha value is -3.12. The van der Waals surface area contributed by atoms with Crippen molar-refractivity contribution in [2.24, 2.45) is 16.5 Å². The van der Waals surface area contributed by atoms with E-state index in [4.69, 9.17) is 11.5 Å². The van der Waals surface area contributed by atoms with Gasteiger partial charge in [0.25, 0.3) is 0 Å². The Morgan fingerprint density at radius 2 is 2.11 bits per heavy atom. The number of hydrogen-bond donors (Lipinski definition) is 3. The molecule has 0 aliphatic carbocycles. The Kier molecular flexibility index (Phi) is 7.35. The Morgan fingerprint density at radius 3 is 2.75 bits per heavy atom. The van der Waals surface area contributed by atoms with E-state index in [0.717, 1.165) is 17.5 Å². The van der Waals surface area contributed by atoms with Gasteiger partial charge in [-0.05, 0) is 43.2 Å². The molecule has 0 fully saturated rings. The van der Waals surface area contributed by atoms with Gasteiger partial charge in [-0.25, -0.2) is 0 Å². The van der Waals surface area contributed by atoms with Gasteiger partial charge < -0.3 is 21.5 Å². The van der Waals surface area contributed by atoms with E-state index in [0.29, 0.717) is 29.3 Å². The average Bonchev–Trinajstić information content (AvgIpc) is 2.68. The molecule has 0 saturated heterocycles. The summed E-state index contributed by atoms with van der Waals surface area (Å²) in [5.74, 6) is 0.698. The van der Waals surface area contributed by atoms with E-state index in [1.54, 1.807) is 24.5 Å². The number of nitrogens with two attached hydrogens (primary N) is 2. The van der Waals surface area contributed by atoms with Crippen LogP contribution in [0.25, 0.3) is 16.8 Å². The maximum atomic E-state index is 10.3. The number of pyridine rings is 1. The Labute approximate surface area is 166 Å². The minimum absolute atomic E-state index is 0.0660. The Balaban J connectivity index is 2.22. The fourth-order valence-electron chi connectivity index (χ4n) is 2.70. The monoisotopic (exact) mass is 379 g/mol. The minimum atomic E-state index is 0.0660. The lowest BCUT2D eigenvalue weighted by Crippen LogP contribution is -2.36. The van der Waals surface area contributed by atoms with Crippen molar-refractivity contribution in [1.82, 2.24) is 9.88 Å². The van der Waals surface area contributed by atoms with Gasteiger partial charge in [0.2, 0.25) is 0 Å². The van der Waals surface area contributed by atoms with Crippen LogP contribution in [-0.4, -0.2) is 40.3 Å². The summed E-state index contributed by atoms with van der Waals surface area (Å²) in [5, 5.41) is 10.3. The zero-order valence-corrected chi connectivity index (χ0v) is 16.8. The number of aromatic hydroxyl groups is 1. The van der Waals surface area contributed by atoms with Crippen molar-refractivity contribution >= 4 is 11.4 Å². The van der Waals surface area contributed by atoms with Gasteiger partial charge in [0, 0.05) is 48.9 Å². The number of phenolic OH excluding ortho intramolecular Hbond substituents is 1. The molecule has 2 aromatic rings. The minimum Gasteiger partial charge on any atom is -0.507 e. The highest BCUT2D eigenvalue weighted by Gasteiger charge is 2.09. The van der Waals surface area contributed by atoms with E-state index in [2.05, 4.69) is 16.6 Å². The van der Waals surface area contributed by atoms with Crippen molar-refractivity contribution in [3.8, 4) is 16.9 Å². The molecule has 1 atom stereocenters. The molecule has 0 aliphatic heterocycles. The molecule has 6 heteroatoms. The number of aromatic nitrogens is 1. The summed E-state index contributed by atoms with van der Waals surface area (Å²) in [6.07, 6.45) is 6.15. The van der Waals surface area contributed by atoms with Crippen LogP contribution in [0.1, 0.15) is 25.8 Å². The van der Waals surface area contributed by atoms with Crippen LogP contribution in [0.2, 0.25) is 0 Å². The molecule has 0 aliphatic rings. The van der Waals surface area contributed by atoms with Gasteiger partial charge in [0.1, 0.15) is 11.6 Å². The maximum absolute atomic E-state index is 10.3. The van der Waals surface area contributed by atoms with Crippen LogP contribution in [0.3, 0.4) is 0 Å². The molecular formula is C22H29N5O. The van der Waals surface area contributed by atoms with Crippen molar-refractivity contribution in [1.29, 1.82) is 0 Å². The maximum Gasteiger partial charge on any atom is 0.124 e. The summed E-state index contributed by atoms with van der Waals surface area (Å²) in [7, 11) is 1.90. The van der Waals surface area contributed by atoms with Gasteiger partial charge in [-0.2, -0.15) is 0 Å². The quantitative estimate of drug-likeness (QED) is 0.611. The molecule has 0 spiro atoms. The van der Waals surface area contributed by atoms with Crippen molar-refractivity contribution in [2.45, 2.75) is 26.3 Å². The molecule has 1 aromatic carbocycles. The molecule has 1 heterocycles. The lowest BCUT2D eigenvalue weighted by molar-refractivity contribution is 0.372. The van der Waals surface area contributed by atoms with Crippen LogP contribution < -0.4 is 11.5 Å². The predicted molar refractivity (Wildman–Crippen MR) is 117 cm³/mol. The SMILES string of the molecule is C=C(/N=C(C)\C=C(/N)N(C)C[C@H](N)CC)c1cc(-c2cccnc2)ccc1O. The molecule has 0 saturated carbocycles. The lowest BCUT2D eigenvalue weighted by atomic mass is 10.0. The van der Waals surface area contributed by atoms with Gasteiger partial charge in [-0.1, -0.05) is 25.6 Å². The molecule has 148 valence electrons. The van der Waals surface area contributed by atoms with Gasteiger partial charge in [-0.15, -0.1) is 0 Å². The first-order chi connectivity index (χ1) is 13.3. The standard InChI is InChI=1S/C22H29N5O/c1-5-19(23)14-27(4)22(24)11-15(2)26-16(3)20-12-17(8-9-21(20)28)18-7-6-10-25-13-18/h6-13,19,28H,3,5,14,23-24H2,1-2,4H3/b22-11+,26-15-/t19-/m1/s1. The first kappa shape index (κ1) is 21.2. The number of benzene rings is 1. The Bertz CT molecular complexity index is 874. The predicted octanol–water partition coefficient (Wildman–Crippen LogP) is 3.36. The molecular weight excluding hydrogens is 350 g/mol. The van der Waals surface area contributed by atoms with E-state index in [1.807, 2.05) is 50.1 Å². The summed E-state index contributed by atoms with van der Waals surface area (Å²) < 4.78 is 0. The smallest absolute Gasteiger partial charge is 0.124 e. The summed E-state index contributed by atoms with van der Waals surface area (Å²) in [6, 6.07) is 9.22. The zero-order valence-electron chi connectivity index (χ0n) is 16.8. The largest absolute Gasteiger partial charge is 0.507 e. The van der Waals surface area contributed by atoms with Gasteiger partial charge in [-0.3, -0.25) is 9.98 Å². The fourth-order valence-corrected chi connectivity index (χ4v) is 2.70. The molecule has 0 amide bonds. The summed E-state index contributed by atoms with van der Waals surface area (Å²) >= 11 is 0. The molecule has 2 rings (SSSR count). The topological polar surface area (TPSA) is 101 Å². The van der Waals surface area contributed by atoms with Crippen LogP contribution >= 0.6 is 0 Å². The molecule has 0 radical (unpaired) electrons. The normalized spacial score (nSPS) is 13.3. The second kappa shape index (κ2) is 9.71. The van der Waals surface area contributed by atoms with Crippen molar-refractivity contribution in [3.63, 3.8) is 0 Å². The van der Waals surface area contributed by atoms with Crippen LogP contribution in [0, 0.1) is 0 Å². The number of phenols is 1. The highest BCUT2D eigenvalue weighted by molar-refractivity contribution is 5.97. The van der Waals surface area contributed by atoms with E-state index >= 15 is 0 Å². The first-order valence-electron chi connectivity index (χ1n) is 9.23. The summed E-state index contributed by atoms with van der Waals surface area (Å²) in [5.41, 5.74) is 15.7. The summed E-state index contributed by atoms with van der Waals surface area (Å²) in [4.78, 5) is 10.5. The third kappa shape index (κ3) is 5.69. The fraction of sp³-hybridized carbons (Fsp3) is 0.273. The highest BCUT2D eigenvalue weighted by Crippen LogP contribution is 2.30. The molecule has 0 unspecified atom stereocenters. The zero-order chi connectivity index (χ0) is 20.7. The number of nitrogens with zero attached hydrogens (tertiary/aromatic N) is 3. The number of rotatable bonds is 8. The van der Waals surface area contributed by atoms with Crippen LogP contribution in [0.5, 0.6) is 5.75 Å². The van der Waals surface area contributed by atoms with Crippen LogP contribution in [0.15, 0.2) is 66.2 Å². The highest BCUT2D eigenvalue weighted by atomic mass is 16.3. The van der Waals surface area contributed by atoms with Gasteiger partial charge >= 0.3 is 0 Å². The molecule has 5 N–H and O–H groups in total. The Morgan fingerprint density at radius 1 is 1.36 bits per heavy atom. The second-order valence-electron chi connectivity index (χ2n) is 6.79. The summed E-state index contributed by atoms with van der Waals surface area (Å²) in [6.45, 7) is 8.56. The molecule has 28 heavy (non-hydrogen) atoms. The van der Waals surface area contributed by atoms with E-state index in [-0.39, 0.29) is 11.8 Å². The van der Waals surface area contributed by atoms with Gasteiger partial charge in [0.15, 0.2) is 0 Å². The molecule has 1 aromatic heterocycles. The van der Waals surface area contributed by atoms with E-state index in [9.17, 15) is 5.11 Å². The van der Waals surface area contributed by atoms with Crippen molar-refractivity contribution < 1.29 is 5.11 Å². The van der Waals surface area contributed by atoms with Crippen LogP contribution in [0.4, 0.5) is 0 Å². The number of aliphatic imine (C=N–C) groups is 1. The first-order valence-corrected chi connectivity index (χ1v) is 9.23. The molecule has 6 nitrogen and oxygen atoms in total. The average molecular weight is 380 g/mol. The van der Waals surface area contributed by atoms with Gasteiger partial charge in [0.05, 0.1) is 5.70 Å². The van der Waals surface area contributed by atoms with Crippen molar-refractivity contribution in [2.75, 3.05) is 13.6 Å². The number of likely N-dealkylation sites (N-methyl/N-ethyl adjacent to an activating group) is 1. The third-order valence-electron chi connectivity index (χ3n) is 4.44.